The molecule has 0 amide bonds. The number of hydrogen-bond acceptors (Lipinski definition) is 3. The molecule has 0 aliphatic carbocycles. The van der Waals surface area contributed by atoms with E-state index >= 15 is 0 Å². The van der Waals surface area contributed by atoms with Gasteiger partial charge in [-0.05, 0) is 31.4 Å². The average Bonchev–Trinajstić information content (AvgIpc) is 3.12. The minimum Gasteiger partial charge on any atom is -0.370 e. The first kappa shape index (κ1) is 16.8. The highest BCUT2D eigenvalue weighted by Gasteiger charge is 2.32. The van der Waals surface area contributed by atoms with Crippen LogP contribution in [-0.2, 0) is 12.1 Å². The molecule has 0 unspecified atom stereocenters. The summed E-state index contributed by atoms with van der Waals surface area (Å²) in [6, 6.07) is 17.2. The molecule has 0 atom stereocenters. The van der Waals surface area contributed by atoms with E-state index in [1.165, 1.54) is 16.8 Å². The van der Waals surface area contributed by atoms with Crippen LogP contribution in [0.3, 0.4) is 0 Å². The molecule has 0 saturated heterocycles. The molecule has 4 nitrogen and oxygen atoms in total. The molecule has 0 fully saturated rings. The van der Waals surface area contributed by atoms with Gasteiger partial charge in [0.25, 0.3) is 0 Å². The molecule has 4 heteroatoms. The molecule has 1 aromatic heterocycles. The standard InChI is InChI=1S/C22H26N4/c1-5-22(3,6-2)26-21-17-12-8-7-11-16(17)15-25(4)19-14-10-9-13-18(19)20(21)23-24-26/h7-14H,5-6,15H2,1-4H3. The number of rotatable bonds is 3. The Hall–Kier alpha value is -2.62. The van der Waals surface area contributed by atoms with Crippen molar-refractivity contribution >= 4 is 5.69 Å². The second-order valence-corrected chi connectivity index (χ2v) is 7.43. The van der Waals surface area contributed by atoms with Gasteiger partial charge >= 0.3 is 0 Å². The Bertz CT molecular complexity index is 937. The summed E-state index contributed by atoms with van der Waals surface area (Å²) in [5, 5.41) is 9.35. The molecule has 1 aliphatic rings. The van der Waals surface area contributed by atoms with Gasteiger partial charge < -0.3 is 4.90 Å². The summed E-state index contributed by atoms with van der Waals surface area (Å²) in [6.45, 7) is 7.61. The van der Waals surface area contributed by atoms with E-state index in [1.54, 1.807) is 0 Å². The second kappa shape index (κ2) is 6.27. The Kier molecular flexibility index (Phi) is 4.06. The van der Waals surface area contributed by atoms with Crippen molar-refractivity contribution in [1.82, 2.24) is 15.0 Å². The van der Waals surface area contributed by atoms with E-state index in [2.05, 4.69) is 96.2 Å². The first-order chi connectivity index (χ1) is 12.6. The number of aromatic nitrogens is 3. The van der Waals surface area contributed by atoms with E-state index in [0.717, 1.165) is 36.3 Å². The Morgan fingerprint density at radius 3 is 2.35 bits per heavy atom. The molecular formula is C22H26N4. The van der Waals surface area contributed by atoms with Gasteiger partial charge in [-0.3, -0.25) is 0 Å². The molecule has 0 bridgehead atoms. The van der Waals surface area contributed by atoms with Crippen molar-refractivity contribution in [2.24, 2.45) is 0 Å². The van der Waals surface area contributed by atoms with Crippen molar-refractivity contribution in [3.05, 3.63) is 54.1 Å². The van der Waals surface area contributed by atoms with Crippen molar-refractivity contribution < 1.29 is 0 Å². The minimum absolute atomic E-state index is 0.0479. The zero-order valence-corrected chi connectivity index (χ0v) is 16.0. The van der Waals surface area contributed by atoms with E-state index in [4.69, 9.17) is 0 Å². The van der Waals surface area contributed by atoms with Crippen LogP contribution in [0, 0.1) is 0 Å². The van der Waals surface area contributed by atoms with E-state index in [0.29, 0.717) is 0 Å². The monoisotopic (exact) mass is 346 g/mol. The maximum Gasteiger partial charge on any atom is 0.123 e. The molecule has 3 aromatic rings. The lowest BCUT2D eigenvalue weighted by Crippen LogP contribution is -2.31. The Morgan fingerprint density at radius 2 is 1.62 bits per heavy atom. The van der Waals surface area contributed by atoms with Crippen LogP contribution in [0.15, 0.2) is 48.5 Å². The molecule has 2 aromatic carbocycles. The lowest BCUT2D eigenvalue weighted by atomic mass is 9.91. The van der Waals surface area contributed by atoms with Gasteiger partial charge in [0.15, 0.2) is 0 Å². The van der Waals surface area contributed by atoms with Crippen molar-refractivity contribution in [2.75, 3.05) is 11.9 Å². The summed E-state index contributed by atoms with van der Waals surface area (Å²) in [6.07, 6.45) is 2.03. The van der Waals surface area contributed by atoms with Gasteiger partial charge in [-0.1, -0.05) is 61.5 Å². The highest BCUT2D eigenvalue weighted by molar-refractivity contribution is 5.88. The number of fused-ring (bicyclic) bond motifs is 5. The van der Waals surface area contributed by atoms with E-state index in [1.807, 2.05) is 0 Å². The molecule has 0 N–H and O–H groups in total. The SMILES string of the molecule is CCC(C)(CC)n1nnc2c1-c1ccccc1CN(C)c1ccccc1-2. The Labute approximate surface area is 155 Å². The summed E-state index contributed by atoms with van der Waals surface area (Å²) in [4.78, 5) is 2.30. The molecular weight excluding hydrogens is 320 g/mol. The Morgan fingerprint density at radius 1 is 0.962 bits per heavy atom. The van der Waals surface area contributed by atoms with Crippen LogP contribution >= 0.6 is 0 Å². The van der Waals surface area contributed by atoms with Crippen LogP contribution in [0.2, 0.25) is 0 Å². The van der Waals surface area contributed by atoms with Gasteiger partial charge in [-0.2, -0.15) is 0 Å². The molecule has 0 radical (unpaired) electrons. The molecule has 0 spiro atoms. The third kappa shape index (κ3) is 2.44. The molecule has 26 heavy (non-hydrogen) atoms. The predicted octanol–water partition coefficient (Wildman–Crippen LogP) is 5.10. The zero-order chi connectivity index (χ0) is 18.3. The lowest BCUT2D eigenvalue weighted by Gasteiger charge is -2.31. The first-order valence-electron chi connectivity index (χ1n) is 9.44. The maximum atomic E-state index is 4.68. The second-order valence-electron chi connectivity index (χ2n) is 7.43. The number of nitrogens with zero attached hydrogens (tertiary/aromatic N) is 4. The molecule has 0 saturated carbocycles. The summed E-state index contributed by atoms with van der Waals surface area (Å²) >= 11 is 0. The van der Waals surface area contributed by atoms with Gasteiger partial charge in [0.2, 0.25) is 0 Å². The first-order valence-corrected chi connectivity index (χ1v) is 9.44. The maximum absolute atomic E-state index is 4.68. The topological polar surface area (TPSA) is 34.0 Å². The summed E-state index contributed by atoms with van der Waals surface area (Å²) in [5.41, 5.74) is 6.98. The van der Waals surface area contributed by atoms with Crippen molar-refractivity contribution in [3.63, 3.8) is 0 Å². The number of para-hydroxylation sites is 1. The Balaban J connectivity index is 2.09. The fourth-order valence-corrected chi connectivity index (χ4v) is 3.87. The normalized spacial score (nSPS) is 13.5. The molecule has 2 heterocycles. The molecule has 4 rings (SSSR count). The number of anilines is 1. The number of hydrogen-bond donors (Lipinski definition) is 0. The number of benzene rings is 2. The fraction of sp³-hybridized carbons (Fsp3) is 0.364. The zero-order valence-electron chi connectivity index (χ0n) is 16.0. The van der Waals surface area contributed by atoms with Gasteiger partial charge in [-0.25, -0.2) is 4.68 Å². The smallest absolute Gasteiger partial charge is 0.123 e. The molecule has 134 valence electrons. The van der Waals surface area contributed by atoms with Crippen LogP contribution in [-0.4, -0.2) is 22.0 Å². The van der Waals surface area contributed by atoms with E-state index < -0.39 is 0 Å². The quantitative estimate of drug-likeness (QED) is 0.662. The van der Waals surface area contributed by atoms with Crippen molar-refractivity contribution in [3.8, 4) is 22.5 Å². The van der Waals surface area contributed by atoms with Gasteiger partial charge in [0.05, 0.1) is 11.2 Å². The van der Waals surface area contributed by atoms with E-state index in [-0.39, 0.29) is 5.54 Å². The van der Waals surface area contributed by atoms with Crippen LogP contribution in [0.25, 0.3) is 22.5 Å². The third-order valence-corrected chi connectivity index (χ3v) is 5.96. The predicted molar refractivity (Wildman–Crippen MR) is 107 cm³/mol. The van der Waals surface area contributed by atoms with Crippen LogP contribution in [0.5, 0.6) is 0 Å². The highest BCUT2D eigenvalue weighted by Crippen LogP contribution is 2.42. The van der Waals surface area contributed by atoms with Gasteiger partial charge in [0, 0.05) is 30.4 Å². The summed E-state index contributed by atoms with van der Waals surface area (Å²) in [5.74, 6) is 0. The van der Waals surface area contributed by atoms with Crippen LogP contribution < -0.4 is 4.90 Å². The van der Waals surface area contributed by atoms with Gasteiger partial charge in [0.1, 0.15) is 5.69 Å². The average molecular weight is 346 g/mol. The van der Waals surface area contributed by atoms with Crippen molar-refractivity contribution in [1.29, 1.82) is 0 Å². The third-order valence-electron chi connectivity index (χ3n) is 5.96. The van der Waals surface area contributed by atoms with Crippen LogP contribution in [0.4, 0.5) is 5.69 Å². The van der Waals surface area contributed by atoms with Gasteiger partial charge in [-0.15, -0.1) is 5.10 Å². The van der Waals surface area contributed by atoms with Crippen LogP contribution in [0.1, 0.15) is 39.2 Å². The summed E-state index contributed by atoms with van der Waals surface area (Å²) in [7, 11) is 2.15. The fourth-order valence-electron chi connectivity index (χ4n) is 3.87. The van der Waals surface area contributed by atoms with Crippen molar-refractivity contribution in [2.45, 2.75) is 45.7 Å². The minimum atomic E-state index is -0.0479. The molecule has 1 aliphatic heterocycles. The highest BCUT2D eigenvalue weighted by atomic mass is 15.5. The largest absolute Gasteiger partial charge is 0.370 e. The van der Waals surface area contributed by atoms with E-state index in [9.17, 15) is 0 Å². The lowest BCUT2D eigenvalue weighted by molar-refractivity contribution is 0.262. The summed E-state index contributed by atoms with van der Waals surface area (Å²) < 4.78 is 2.17.